The second-order valence-corrected chi connectivity index (χ2v) is 14.5. The number of piperazine rings is 1. The molecule has 0 spiro atoms. The van der Waals surface area contributed by atoms with Gasteiger partial charge in [0, 0.05) is 26.1 Å². The number of benzene rings is 2. The molecule has 0 radical (unpaired) electrons. The summed E-state index contributed by atoms with van der Waals surface area (Å²) in [7, 11) is -4.31. The van der Waals surface area contributed by atoms with E-state index in [9.17, 15) is 21.6 Å². The minimum atomic E-state index is -4.65. The lowest BCUT2D eigenvalue weighted by molar-refractivity contribution is -0.137. The standard InChI is InChI=1S/C30H36F3N3O4S/c1-28(2)14-21(15-29(3,4)40-28)20-8-9-26-27(12-20)36(17-23-16-34(10-11-35(23)26)24-18-39-19-24)41(37,38)25-7-5-6-22(13-25)30(31,32)33/h5-9,12-14,23-24H,10-11,15-19H2,1-4H3/t23-/m0/s1. The van der Waals surface area contributed by atoms with Gasteiger partial charge >= 0.3 is 6.18 Å². The van der Waals surface area contributed by atoms with E-state index in [1.165, 1.54) is 10.4 Å². The van der Waals surface area contributed by atoms with E-state index >= 15 is 0 Å². The van der Waals surface area contributed by atoms with Gasteiger partial charge < -0.3 is 14.4 Å². The van der Waals surface area contributed by atoms with Crippen LogP contribution in [0.15, 0.2) is 53.4 Å². The highest BCUT2D eigenvalue weighted by atomic mass is 32.2. The van der Waals surface area contributed by atoms with Crippen molar-refractivity contribution in [3.05, 3.63) is 59.7 Å². The molecule has 2 aromatic rings. The van der Waals surface area contributed by atoms with Crippen LogP contribution in [0.2, 0.25) is 0 Å². The summed E-state index contributed by atoms with van der Waals surface area (Å²) in [5.41, 5.74) is 1.26. The molecule has 11 heteroatoms. The number of halogens is 3. The van der Waals surface area contributed by atoms with Gasteiger partial charge in [0.05, 0.1) is 64.9 Å². The van der Waals surface area contributed by atoms with Crippen molar-refractivity contribution in [2.24, 2.45) is 0 Å². The summed E-state index contributed by atoms with van der Waals surface area (Å²) in [6, 6.07) is 10.0. The molecular weight excluding hydrogens is 555 g/mol. The van der Waals surface area contributed by atoms with Gasteiger partial charge in [-0.1, -0.05) is 12.1 Å². The Morgan fingerprint density at radius 1 is 0.927 bits per heavy atom. The van der Waals surface area contributed by atoms with Crippen LogP contribution in [0.1, 0.15) is 45.2 Å². The molecule has 0 saturated carbocycles. The fourth-order valence-corrected chi connectivity index (χ4v) is 8.21. The molecule has 0 amide bonds. The molecule has 0 N–H and O–H groups in total. The van der Waals surface area contributed by atoms with Gasteiger partial charge in [-0.3, -0.25) is 9.21 Å². The van der Waals surface area contributed by atoms with Crippen molar-refractivity contribution in [3.63, 3.8) is 0 Å². The molecule has 0 aliphatic carbocycles. The number of nitrogens with zero attached hydrogens (tertiary/aromatic N) is 3. The Labute approximate surface area is 239 Å². The maximum atomic E-state index is 14.2. The van der Waals surface area contributed by atoms with Gasteiger partial charge in [-0.15, -0.1) is 0 Å². The van der Waals surface area contributed by atoms with Gasteiger partial charge in [-0.25, -0.2) is 8.42 Å². The number of anilines is 2. The number of hydrogen-bond acceptors (Lipinski definition) is 6. The zero-order valence-corrected chi connectivity index (χ0v) is 24.6. The molecule has 41 heavy (non-hydrogen) atoms. The smallest absolute Gasteiger partial charge is 0.378 e. The fourth-order valence-electron chi connectivity index (χ4n) is 6.65. The van der Waals surface area contributed by atoms with Crippen molar-refractivity contribution in [1.82, 2.24) is 4.90 Å². The van der Waals surface area contributed by atoms with Crippen LogP contribution in [0.3, 0.4) is 0 Å². The average molecular weight is 592 g/mol. The average Bonchev–Trinajstić information content (AvgIpc) is 2.84. The second-order valence-electron chi connectivity index (χ2n) is 12.6. The molecule has 1 atom stereocenters. The van der Waals surface area contributed by atoms with E-state index in [1.54, 1.807) is 0 Å². The maximum absolute atomic E-state index is 14.2. The lowest BCUT2D eigenvalue weighted by atomic mass is 9.85. The lowest BCUT2D eigenvalue weighted by Crippen LogP contribution is -2.64. The maximum Gasteiger partial charge on any atom is 0.416 e. The quantitative estimate of drug-likeness (QED) is 0.490. The zero-order chi connectivity index (χ0) is 29.4. The van der Waals surface area contributed by atoms with Crippen molar-refractivity contribution in [2.75, 3.05) is 48.6 Å². The van der Waals surface area contributed by atoms with Crippen LogP contribution in [0, 0.1) is 0 Å². The first-order chi connectivity index (χ1) is 19.1. The Kier molecular flexibility index (Phi) is 6.76. The number of rotatable bonds is 4. The van der Waals surface area contributed by atoms with Gasteiger partial charge in [0.1, 0.15) is 0 Å². The molecule has 6 rings (SSSR count). The van der Waals surface area contributed by atoms with Gasteiger partial charge in [0.15, 0.2) is 0 Å². The second kappa shape index (κ2) is 9.72. The molecule has 222 valence electrons. The Morgan fingerprint density at radius 3 is 2.34 bits per heavy atom. The summed E-state index contributed by atoms with van der Waals surface area (Å²) >= 11 is 0. The molecule has 2 fully saturated rings. The summed E-state index contributed by atoms with van der Waals surface area (Å²) in [6.07, 6.45) is -1.95. The first kappa shape index (κ1) is 28.5. The van der Waals surface area contributed by atoms with E-state index in [0.29, 0.717) is 37.9 Å². The highest BCUT2D eigenvalue weighted by Crippen LogP contribution is 2.45. The van der Waals surface area contributed by atoms with Crippen LogP contribution in [0.4, 0.5) is 24.5 Å². The van der Waals surface area contributed by atoms with E-state index < -0.39 is 33.0 Å². The predicted octanol–water partition coefficient (Wildman–Crippen LogP) is 5.16. The van der Waals surface area contributed by atoms with Crippen molar-refractivity contribution < 1.29 is 31.1 Å². The summed E-state index contributed by atoms with van der Waals surface area (Å²) in [5.74, 6) is 0. The Hall–Kier alpha value is -2.60. The Bertz CT molecular complexity index is 1480. The third-order valence-corrected chi connectivity index (χ3v) is 10.2. The lowest BCUT2D eigenvalue weighted by Gasteiger charge is -2.51. The fraction of sp³-hybridized carbons (Fsp3) is 0.533. The van der Waals surface area contributed by atoms with Crippen molar-refractivity contribution in [2.45, 2.75) is 68.5 Å². The van der Waals surface area contributed by atoms with E-state index in [1.807, 2.05) is 45.9 Å². The van der Waals surface area contributed by atoms with Crippen LogP contribution in [-0.2, 0) is 25.7 Å². The molecule has 0 aromatic heterocycles. The predicted molar refractivity (Wildman–Crippen MR) is 152 cm³/mol. The largest absolute Gasteiger partial charge is 0.416 e. The molecule has 0 bridgehead atoms. The summed E-state index contributed by atoms with van der Waals surface area (Å²) in [5, 5.41) is 0. The minimum absolute atomic E-state index is 0.137. The van der Waals surface area contributed by atoms with Crippen LogP contribution >= 0.6 is 0 Å². The number of fused-ring (bicyclic) bond motifs is 3. The first-order valence-electron chi connectivity index (χ1n) is 14.0. The molecular formula is C30H36F3N3O4S. The third-order valence-electron chi connectivity index (χ3n) is 8.38. The van der Waals surface area contributed by atoms with Gasteiger partial charge in [-0.2, -0.15) is 13.2 Å². The van der Waals surface area contributed by atoms with Crippen molar-refractivity contribution in [1.29, 1.82) is 0 Å². The normalized spacial score (nSPS) is 24.8. The number of ether oxygens (including phenoxy) is 2. The molecule has 2 saturated heterocycles. The van der Waals surface area contributed by atoms with Gasteiger partial charge in [-0.05, 0) is 75.2 Å². The van der Waals surface area contributed by atoms with Crippen LogP contribution in [0.25, 0.3) is 5.57 Å². The number of hydrogen-bond donors (Lipinski definition) is 0. The Balaban J connectivity index is 1.44. The van der Waals surface area contributed by atoms with Crippen molar-refractivity contribution >= 4 is 27.0 Å². The number of alkyl halides is 3. The van der Waals surface area contributed by atoms with E-state index in [4.69, 9.17) is 9.47 Å². The topological polar surface area (TPSA) is 62.3 Å². The number of sulfonamides is 1. The minimum Gasteiger partial charge on any atom is -0.378 e. The third kappa shape index (κ3) is 5.37. The monoisotopic (exact) mass is 591 g/mol. The van der Waals surface area contributed by atoms with Gasteiger partial charge in [0.2, 0.25) is 0 Å². The van der Waals surface area contributed by atoms with Gasteiger partial charge in [0.25, 0.3) is 10.0 Å². The zero-order valence-electron chi connectivity index (χ0n) is 23.7. The molecule has 0 unspecified atom stereocenters. The van der Waals surface area contributed by atoms with E-state index in [0.717, 1.165) is 48.1 Å². The summed E-state index contributed by atoms with van der Waals surface area (Å²) in [4.78, 5) is 4.21. The van der Waals surface area contributed by atoms with Crippen LogP contribution in [-0.4, -0.2) is 76.0 Å². The molecule has 4 heterocycles. The molecule has 7 nitrogen and oxygen atoms in total. The summed E-state index contributed by atoms with van der Waals surface area (Å²) < 4.78 is 81.9. The van der Waals surface area contributed by atoms with Crippen LogP contribution < -0.4 is 9.21 Å². The molecule has 2 aromatic carbocycles. The Morgan fingerprint density at radius 2 is 1.68 bits per heavy atom. The highest BCUT2D eigenvalue weighted by molar-refractivity contribution is 7.92. The van der Waals surface area contributed by atoms with E-state index in [-0.39, 0.29) is 17.5 Å². The highest BCUT2D eigenvalue weighted by Gasteiger charge is 2.43. The summed E-state index contributed by atoms with van der Waals surface area (Å²) in [6.45, 7) is 11.7. The first-order valence-corrected chi connectivity index (χ1v) is 15.4. The molecule has 4 aliphatic heterocycles. The molecule has 4 aliphatic rings. The van der Waals surface area contributed by atoms with E-state index in [2.05, 4.69) is 15.9 Å². The van der Waals surface area contributed by atoms with Crippen molar-refractivity contribution in [3.8, 4) is 0 Å². The SMILES string of the molecule is CC1(C)C=C(c2ccc3c(c2)N(S(=O)(=O)c2cccc(C(F)(F)F)c2)C[C@@H]2CN(C4COC4)CCN32)CC(C)(C)O1. The van der Waals surface area contributed by atoms with Crippen LogP contribution in [0.5, 0.6) is 0 Å².